The lowest BCUT2D eigenvalue weighted by atomic mass is 9.99. The Bertz CT molecular complexity index is 983. The Morgan fingerprint density at radius 3 is 2.60 bits per heavy atom. The first kappa shape index (κ1) is 20.7. The summed E-state index contributed by atoms with van der Waals surface area (Å²) in [7, 11) is 0. The van der Waals surface area contributed by atoms with Gasteiger partial charge < -0.3 is 4.90 Å². The van der Waals surface area contributed by atoms with Crippen LogP contribution >= 0.6 is 11.3 Å². The van der Waals surface area contributed by atoms with Gasteiger partial charge in [-0.05, 0) is 24.1 Å². The number of carbonyl (C=O) groups excluding carboxylic acids is 1. The van der Waals surface area contributed by atoms with E-state index in [9.17, 15) is 9.18 Å². The van der Waals surface area contributed by atoms with Crippen LogP contribution in [0, 0.1) is 11.7 Å². The van der Waals surface area contributed by atoms with Gasteiger partial charge in [-0.2, -0.15) is 0 Å². The Balaban J connectivity index is 1.27. The molecule has 0 aliphatic carbocycles. The zero-order valence-corrected chi connectivity index (χ0v) is 17.9. The standard InChI is InChI=1S/C24H26FN3OS/c1-18(14-19-6-5-9-21(25)15-19)24(29)28-12-10-27(11-13-28)16-22-17-30-23(26-22)20-7-3-2-4-8-20/h2-9,15,17-18H,10-14,16H2,1H3. The molecule has 156 valence electrons. The number of carbonyl (C=O) groups is 1. The maximum absolute atomic E-state index is 13.4. The van der Waals surface area contributed by atoms with E-state index < -0.39 is 0 Å². The van der Waals surface area contributed by atoms with Crippen molar-refractivity contribution in [1.29, 1.82) is 0 Å². The third kappa shape index (κ3) is 5.12. The van der Waals surface area contributed by atoms with E-state index in [-0.39, 0.29) is 17.6 Å². The monoisotopic (exact) mass is 423 g/mol. The van der Waals surface area contributed by atoms with Gasteiger partial charge in [0.25, 0.3) is 0 Å². The van der Waals surface area contributed by atoms with Gasteiger partial charge in [0, 0.05) is 49.6 Å². The highest BCUT2D eigenvalue weighted by Gasteiger charge is 2.25. The minimum atomic E-state index is -0.252. The predicted octanol–water partition coefficient (Wildman–Crippen LogP) is 4.47. The van der Waals surface area contributed by atoms with Crippen molar-refractivity contribution >= 4 is 17.2 Å². The summed E-state index contributed by atoms with van der Waals surface area (Å²) in [6.45, 7) is 5.88. The summed E-state index contributed by atoms with van der Waals surface area (Å²) in [5, 5.41) is 3.17. The number of thiazole rings is 1. The van der Waals surface area contributed by atoms with Crippen molar-refractivity contribution < 1.29 is 9.18 Å². The molecule has 0 saturated carbocycles. The van der Waals surface area contributed by atoms with E-state index in [4.69, 9.17) is 4.98 Å². The van der Waals surface area contributed by atoms with Crippen LogP contribution in [0.4, 0.5) is 4.39 Å². The second kappa shape index (κ2) is 9.49. The fourth-order valence-corrected chi connectivity index (χ4v) is 4.68. The quantitative estimate of drug-likeness (QED) is 0.587. The molecule has 4 nitrogen and oxygen atoms in total. The van der Waals surface area contributed by atoms with E-state index in [0.717, 1.165) is 54.6 Å². The van der Waals surface area contributed by atoms with Gasteiger partial charge in [0.05, 0.1) is 5.69 Å². The largest absolute Gasteiger partial charge is 0.340 e. The summed E-state index contributed by atoms with van der Waals surface area (Å²) in [6, 6.07) is 16.8. The molecule has 30 heavy (non-hydrogen) atoms. The molecule has 1 aliphatic rings. The predicted molar refractivity (Wildman–Crippen MR) is 119 cm³/mol. The molecular weight excluding hydrogens is 397 g/mol. The summed E-state index contributed by atoms with van der Waals surface area (Å²) in [5.41, 5.74) is 3.10. The number of piperazine rings is 1. The highest BCUT2D eigenvalue weighted by molar-refractivity contribution is 7.13. The van der Waals surface area contributed by atoms with Crippen molar-refractivity contribution in [2.24, 2.45) is 5.92 Å². The molecule has 1 amide bonds. The van der Waals surface area contributed by atoms with Crippen LogP contribution in [0.25, 0.3) is 10.6 Å². The van der Waals surface area contributed by atoms with E-state index in [1.165, 1.54) is 12.1 Å². The van der Waals surface area contributed by atoms with Crippen molar-refractivity contribution in [3.05, 3.63) is 77.1 Å². The molecule has 1 aliphatic heterocycles. The average molecular weight is 424 g/mol. The van der Waals surface area contributed by atoms with Crippen LogP contribution in [0.5, 0.6) is 0 Å². The van der Waals surface area contributed by atoms with Gasteiger partial charge in [-0.3, -0.25) is 9.69 Å². The molecular formula is C24H26FN3OS. The summed E-state index contributed by atoms with van der Waals surface area (Å²) >= 11 is 1.67. The number of hydrogen-bond acceptors (Lipinski definition) is 4. The molecule has 6 heteroatoms. The van der Waals surface area contributed by atoms with Crippen LogP contribution in [-0.2, 0) is 17.8 Å². The Kier molecular flexibility index (Phi) is 6.55. The number of hydrogen-bond donors (Lipinski definition) is 0. The molecule has 0 bridgehead atoms. The van der Waals surface area contributed by atoms with Gasteiger partial charge in [-0.25, -0.2) is 9.37 Å². The summed E-state index contributed by atoms with van der Waals surface area (Å²) in [5.74, 6) is -0.248. The van der Waals surface area contributed by atoms with Crippen molar-refractivity contribution in [2.45, 2.75) is 19.9 Å². The SMILES string of the molecule is CC(Cc1cccc(F)c1)C(=O)N1CCN(Cc2csc(-c3ccccc3)n2)CC1. The lowest BCUT2D eigenvalue weighted by molar-refractivity contribution is -0.136. The number of amides is 1. The lowest BCUT2D eigenvalue weighted by Crippen LogP contribution is -2.49. The highest BCUT2D eigenvalue weighted by Crippen LogP contribution is 2.24. The van der Waals surface area contributed by atoms with E-state index >= 15 is 0 Å². The summed E-state index contributed by atoms with van der Waals surface area (Å²) < 4.78 is 13.4. The molecule has 0 radical (unpaired) electrons. The summed E-state index contributed by atoms with van der Waals surface area (Å²) in [4.78, 5) is 21.9. The minimum Gasteiger partial charge on any atom is -0.340 e. The molecule has 0 N–H and O–H groups in total. The summed E-state index contributed by atoms with van der Waals surface area (Å²) in [6.07, 6.45) is 0.567. The Hall–Kier alpha value is -2.57. The fraction of sp³-hybridized carbons (Fsp3) is 0.333. The average Bonchev–Trinajstić information content (AvgIpc) is 3.23. The third-order valence-electron chi connectivity index (χ3n) is 5.49. The maximum Gasteiger partial charge on any atom is 0.225 e. The molecule has 2 aromatic carbocycles. The number of halogens is 1. The molecule has 2 heterocycles. The minimum absolute atomic E-state index is 0.148. The van der Waals surface area contributed by atoms with Crippen LogP contribution in [-0.4, -0.2) is 46.9 Å². The topological polar surface area (TPSA) is 36.4 Å². The van der Waals surface area contributed by atoms with E-state index in [1.54, 1.807) is 17.4 Å². The third-order valence-corrected chi connectivity index (χ3v) is 6.43. The van der Waals surface area contributed by atoms with Gasteiger partial charge in [-0.1, -0.05) is 49.4 Å². The first-order valence-electron chi connectivity index (χ1n) is 10.3. The second-order valence-corrected chi connectivity index (χ2v) is 8.70. The lowest BCUT2D eigenvalue weighted by Gasteiger charge is -2.35. The van der Waals surface area contributed by atoms with Gasteiger partial charge >= 0.3 is 0 Å². The fourth-order valence-electron chi connectivity index (χ4n) is 3.86. The van der Waals surface area contributed by atoms with Gasteiger partial charge in [-0.15, -0.1) is 11.3 Å². The smallest absolute Gasteiger partial charge is 0.225 e. The zero-order chi connectivity index (χ0) is 20.9. The molecule has 1 aromatic heterocycles. The zero-order valence-electron chi connectivity index (χ0n) is 17.1. The second-order valence-electron chi connectivity index (χ2n) is 7.85. The normalized spacial score (nSPS) is 15.9. The molecule has 1 saturated heterocycles. The van der Waals surface area contributed by atoms with Crippen molar-refractivity contribution in [3.63, 3.8) is 0 Å². The van der Waals surface area contributed by atoms with E-state index in [1.807, 2.05) is 36.1 Å². The Morgan fingerprint density at radius 2 is 1.87 bits per heavy atom. The van der Waals surface area contributed by atoms with Crippen molar-refractivity contribution in [2.75, 3.05) is 26.2 Å². The van der Waals surface area contributed by atoms with Crippen molar-refractivity contribution in [1.82, 2.24) is 14.8 Å². The maximum atomic E-state index is 13.4. The molecule has 0 spiro atoms. The van der Waals surface area contributed by atoms with Crippen LogP contribution in [0.3, 0.4) is 0 Å². The Labute approximate surface area is 181 Å². The van der Waals surface area contributed by atoms with Crippen LogP contribution in [0.15, 0.2) is 60.0 Å². The first-order chi connectivity index (χ1) is 14.6. The molecule has 3 aromatic rings. The molecule has 1 atom stereocenters. The van der Waals surface area contributed by atoms with Crippen LogP contribution in [0.2, 0.25) is 0 Å². The molecule has 4 rings (SSSR count). The van der Waals surface area contributed by atoms with Crippen molar-refractivity contribution in [3.8, 4) is 10.6 Å². The highest BCUT2D eigenvalue weighted by atomic mass is 32.1. The molecule has 1 fully saturated rings. The van der Waals surface area contributed by atoms with E-state index in [0.29, 0.717) is 6.42 Å². The number of aromatic nitrogens is 1. The number of nitrogens with zero attached hydrogens (tertiary/aromatic N) is 3. The van der Waals surface area contributed by atoms with E-state index in [2.05, 4.69) is 22.4 Å². The first-order valence-corrected chi connectivity index (χ1v) is 11.2. The Morgan fingerprint density at radius 1 is 1.10 bits per heavy atom. The number of benzene rings is 2. The number of rotatable bonds is 6. The van der Waals surface area contributed by atoms with Crippen LogP contribution in [0.1, 0.15) is 18.2 Å². The van der Waals surface area contributed by atoms with Gasteiger partial charge in [0.2, 0.25) is 5.91 Å². The van der Waals surface area contributed by atoms with Gasteiger partial charge in [0.15, 0.2) is 0 Å². The van der Waals surface area contributed by atoms with Gasteiger partial charge in [0.1, 0.15) is 10.8 Å². The molecule has 1 unspecified atom stereocenters. The van der Waals surface area contributed by atoms with Crippen LogP contribution < -0.4 is 0 Å².